The van der Waals surface area contributed by atoms with Crippen molar-refractivity contribution in [3.8, 4) is 0 Å². The highest BCUT2D eigenvalue weighted by Gasteiger charge is 2.23. The van der Waals surface area contributed by atoms with Crippen molar-refractivity contribution in [1.29, 1.82) is 0 Å². The monoisotopic (exact) mass is 295 g/mol. The third-order valence-electron chi connectivity index (χ3n) is 3.25. The fourth-order valence-electron chi connectivity index (χ4n) is 2.17. The van der Waals surface area contributed by atoms with Crippen LogP contribution < -0.4 is 10.2 Å². The molecule has 0 bridgehead atoms. The average Bonchev–Trinajstić information content (AvgIpc) is 3.13. The smallest absolute Gasteiger partial charge is 0.137 e. The lowest BCUT2D eigenvalue weighted by molar-refractivity contribution is 1.08. The van der Waals surface area contributed by atoms with Gasteiger partial charge in [0.1, 0.15) is 5.82 Å². The molecule has 0 aliphatic heterocycles. The van der Waals surface area contributed by atoms with Crippen LogP contribution in [0, 0.1) is 0 Å². The maximum atomic E-state index is 6.36. The SMILES string of the molecule is CN(C)c1ncc(NC2CC2)c2cc(Cl)cc(Cl)c12. The first-order valence-corrected chi connectivity index (χ1v) is 7.03. The molecule has 100 valence electrons. The number of benzene rings is 1. The fraction of sp³-hybridized carbons (Fsp3) is 0.357. The topological polar surface area (TPSA) is 28.2 Å². The maximum Gasteiger partial charge on any atom is 0.137 e. The van der Waals surface area contributed by atoms with E-state index in [0.29, 0.717) is 16.1 Å². The standard InChI is InChI=1S/C14H15Cl2N3/c1-19(2)14-13-10(5-8(15)6-11(13)16)12(7-17-14)18-9-3-4-9/h5-7,9,18H,3-4H2,1-2H3. The zero-order chi connectivity index (χ0) is 13.6. The van der Waals surface area contributed by atoms with Gasteiger partial charge in [-0.1, -0.05) is 23.2 Å². The van der Waals surface area contributed by atoms with Gasteiger partial charge in [-0.3, -0.25) is 0 Å². The van der Waals surface area contributed by atoms with E-state index in [1.807, 2.05) is 31.3 Å². The normalized spacial score (nSPS) is 14.7. The van der Waals surface area contributed by atoms with Gasteiger partial charge in [0.05, 0.1) is 16.9 Å². The second kappa shape index (κ2) is 4.73. The van der Waals surface area contributed by atoms with Crippen molar-refractivity contribution in [3.05, 3.63) is 28.4 Å². The molecule has 3 rings (SSSR count). The van der Waals surface area contributed by atoms with E-state index in [4.69, 9.17) is 23.2 Å². The second-order valence-electron chi connectivity index (χ2n) is 5.12. The lowest BCUT2D eigenvalue weighted by atomic mass is 10.1. The third kappa shape index (κ3) is 2.45. The van der Waals surface area contributed by atoms with Crippen LogP contribution in [-0.4, -0.2) is 25.1 Å². The van der Waals surface area contributed by atoms with Gasteiger partial charge >= 0.3 is 0 Å². The van der Waals surface area contributed by atoms with Crippen molar-refractivity contribution in [2.75, 3.05) is 24.3 Å². The van der Waals surface area contributed by atoms with Gasteiger partial charge < -0.3 is 10.2 Å². The molecule has 1 aromatic carbocycles. The summed E-state index contributed by atoms with van der Waals surface area (Å²) in [5, 5.41) is 6.74. The summed E-state index contributed by atoms with van der Waals surface area (Å²) >= 11 is 12.5. The molecule has 0 amide bonds. The first-order chi connectivity index (χ1) is 9.06. The summed E-state index contributed by atoms with van der Waals surface area (Å²) in [5.74, 6) is 0.859. The van der Waals surface area contributed by atoms with E-state index in [-0.39, 0.29) is 0 Å². The fourth-order valence-corrected chi connectivity index (χ4v) is 2.75. The van der Waals surface area contributed by atoms with Crippen molar-refractivity contribution in [1.82, 2.24) is 4.98 Å². The summed E-state index contributed by atoms with van der Waals surface area (Å²) in [5.41, 5.74) is 1.01. The van der Waals surface area contributed by atoms with E-state index in [0.717, 1.165) is 22.3 Å². The summed E-state index contributed by atoms with van der Waals surface area (Å²) in [6.07, 6.45) is 4.29. The largest absolute Gasteiger partial charge is 0.381 e. The lowest BCUT2D eigenvalue weighted by Crippen LogP contribution is -2.12. The van der Waals surface area contributed by atoms with Crippen LogP contribution in [0.25, 0.3) is 10.8 Å². The Morgan fingerprint density at radius 1 is 1.26 bits per heavy atom. The van der Waals surface area contributed by atoms with E-state index in [9.17, 15) is 0 Å². The van der Waals surface area contributed by atoms with Gasteiger partial charge in [-0.2, -0.15) is 0 Å². The molecule has 2 aromatic rings. The Kier molecular flexibility index (Phi) is 3.19. The van der Waals surface area contributed by atoms with Gasteiger partial charge in [0.25, 0.3) is 0 Å². The van der Waals surface area contributed by atoms with Crippen LogP contribution in [0.1, 0.15) is 12.8 Å². The highest BCUT2D eigenvalue weighted by Crippen LogP contribution is 2.38. The van der Waals surface area contributed by atoms with Crippen LogP contribution in [0.2, 0.25) is 10.0 Å². The number of nitrogens with one attached hydrogen (secondary N) is 1. The van der Waals surface area contributed by atoms with Crippen LogP contribution in [0.4, 0.5) is 11.5 Å². The van der Waals surface area contributed by atoms with Crippen LogP contribution in [0.5, 0.6) is 0 Å². The number of pyridine rings is 1. The van der Waals surface area contributed by atoms with Gasteiger partial charge in [-0.25, -0.2) is 4.98 Å². The summed E-state index contributed by atoms with van der Waals surface area (Å²) in [4.78, 5) is 6.47. The van der Waals surface area contributed by atoms with Crippen LogP contribution >= 0.6 is 23.2 Å². The van der Waals surface area contributed by atoms with Gasteiger partial charge in [-0.05, 0) is 25.0 Å². The Hall–Kier alpha value is -1.19. The zero-order valence-electron chi connectivity index (χ0n) is 10.9. The number of nitrogens with zero attached hydrogens (tertiary/aromatic N) is 2. The molecule has 0 spiro atoms. The van der Waals surface area contributed by atoms with Crippen molar-refractivity contribution in [2.24, 2.45) is 0 Å². The second-order valence-corrected chi connectivity index (χ2v) is 5.96. The summed E-state index contributed by atoms with van der Waals surface area (Å²) < 4.78 is 0. The van der Waals surface area contributed by atoms with Crippen LogP contribution in [0.15, 0.2) is 18.3 Å². The minimum Gasteiger partial charge on any atom is -0.381 e. The Labute approximate surface area is 122 Å². The van der Waals surface area contributed by atoms with E-state index in [2.05, 4.69) is 10.3 Å². The molecular formula is C14H15Cl2N3. The molecule has 3 nitrogen and oxygen atoms in total. The van der Waals surface area contributed by atoms with Crippen molar-refractivity contribution < 1.29 is 0 Å². The Bertz CT molecular complexity index is 636. The number of hydrogen-bond donors (Lipinski definition) is 1. The minimum absolute atomic E-state index is 0.563. The van der Waals surface area contributed by atoms with Crippen molar-refractivity contribution in [3.63, 3.8) is 0 Å². The molecule has 1 fully saturated rings. The molecule has 1 aliphatic rings. The Morgan fingerprint density at radius 2 is 2.00 bits per heavy atom. The Balaban J connectivity index is 2.25. The molecule has 0 saturated heterocycles. The highest BCUT2D eigenvalue weighted by molar-refractivity contribution is 6.40. The van der Waals surface area contributed by atoms with Crippen molar-refractivity contribution in [2.45, 2.75) is 18.9 Å². The van der Waals surface area contributed by atoms with Crippen LogP contribution in [-0.2, 0) is 0 Å². The zero-order valence-corrected chi connectivity index (χ0v) is 12.4. The molecule has 1 saturated carbocycles. The van der Waals surface area contributed by atoms with E-state index in [1.165, 1.54) is 12.8 Å². The van der Waals surface area contributed by atoms with E-state index < -0.39 is 0 Å². The lowest BCUT2D eigenvalue weighted by Gasteiger charge is -2.18. The van der Waals surface area contributed by atoms with Gasteiger partial charge in [-0.15, -0.1) is 0 Å². The molecule has 5 heteroatoms. The minimum atomic E-state index is 0.563. The highest BCUT2D eigenvalue weighted by atomic mass is 35.5. The van der Waals surface area contributed by atoms with Gasteiger partial charge in [0.15, 0.2) is 0 Å². The molecule has 1 aliphatic carbocycles. The number of halogens is 2. The van der Waals surface area contributed by atoms with Gasteiger partial charge in [0.2, 0.25) is 0 Å². The summed E-state index contributed by atoms with van der Waals surface area (Å²) in [6, 6.07) is 4.27. The molecule has 0 unspecified atom stereocenters. The molecule has 0 radical (unpaired) electrons. The average molecular weight is 296 g/mol. The predicted octanol–water partition coefficient (Wildman–Crippen LogP) is 4.18. The van der Waals surface area contributed by atoms with E-state index >= 15 is 0 Å². The molecular weight excluding hydrogens is 281 g/mol. The first kappa shape index (κ1) is 12.8. The number of aromatic nitrogens is 1. The summed E-state index contributed by atoms with van der Waals surface area (Å²) in [7, 11) is 3.92. The van der Waals surface area contributed by atoms with Crippen molar-refractivity contribution >= 4 is 45.5 Å². The number of hydrogen-bond acceptors (Lipinski definition) is 3. The summed E-state index contributed by atoms with van der Waals surface area (Å²) in [6.45, 7) is 0. The third-order valence-corrected chi connectivity index (χ3v) is 3.76. The molecule has 1 aromatic heterocycles. The molecule has 19 heavy (non-hydrogen) atoms. The van der Waals surface area contributed by atoms with Gasteiger partial charge in [0, 0.05) is 35.9 Å². The number of rotatable bonds is 3. The van der Waals surface area contributed by atoms with Crippen LogP contribution in [0.3, 0.4) is 0 Å². The Morgan fingerprint density at radius 3 is 2.63 bits per heavy atom. The molecule has 0 atom stereocenters. The quantitative estimate of drug-likeness (QED) is 0.921. The maximum absolute atomic E-state index is 6.36. The predicted molar refractivity (Wildman–Crippen MR) is 82.7 cm³/mol. The van der Waals surface area contributed by atoms with E-state index in [1.54, 1.807) is 6.07 Å². The molecule has 1 N–H and O–H groups in total. The first-order valence-electron chi connectivity index (χ1n) is 6.28. The number of anilines is 2. The molecule has 1 heterocycles. The number of fused-ring (bicyclic) bond motifs is 1.